The van der Waals surface area contributed by atoms with Gasteiger partial charge in [-0.3, -0.25) is 4.79 Å². The van der Waals surface area contributed by atoms with Gasteiger partial charge in [-0.25, -0.2) is 0 Å². The SMILES string of the molecule is O=C(Nc1ccccc1I)c1ccc(Cl)nn1. The molecule has 0 atom stereocenters. The van der Waals surface area contributed by atoms with Crippen LogP contribution >= 0.6 is 34.2 Å². The van der Waals surface area contributed by atoms with E-state index in [-0.39, 0.29) is 16.8 Å². The maximum atomic E-state index is 11.8. The first-order valence-corrected chi connectivity index (χ1v) is 6.17. The standard InChI is InChI=1S/C11H7ClIN3O/c12-10-6-5-9(15-16-10)11(17)14-8-4-2-1-3-7(8)13/h1-6H,(H,14,17). The van der Waals surface area contributed by atoms with Gasteiger partial charge in [-0.05, 0) is 46.9 Å². The van der Waals surface area contributed by atoms with Crippen molar-refractivity contribution in [1.29, 1.82) is 0 Å². The Hall–Kier alpha value is -1.21. The van der Waals surface area contributed by atoms with Gasteiger partial charge in [-0.15, -0.1) is 10.2 Å². The lowest BCUT2D eigenvalue weighted by atomic mass is 10.3. The molecular formula is C11H7ClIN3O. The molecule has 0 radical (unpaired) electrons. The van der Waals surface area contributed by atoms with Crippen LogP contribution in [0.5, 0.6) is 0 Å². The molecule has 86 valence electrons. The van der Waals surface area contributed by atoms with Crippen LogP contribution < -0.4 is 5.32 Å². The number of benzene rings is 1. The van der Waals surface area contributed by atoms with Crippen LogP contribution in [0.4, 0.5) is 5.69 Å². The molecule has 0 unspecified atom stereocenters. The van der Waals surface area contributed by atoms with Crippen LogP contribution in [-0.2, 0) is 0 Å². The summed E-state index contributed by atoms with van der Waals surface area (Å²) < 4.78 is 0.959. The quantitative estimate of drug-likeness (QED) is 0.839. The highest BCUT2D eigenvalue weighted by atomic mass is 127. The Bertz CT molecular complexity index is 545. The van der Waals surface area contributed by atoms with E-state index in [0.29, 0.717) is 0 Å². The fraction of sp³-hybridized carbons (Fsp3) is 0. The number of hydrogen-bond donors (Lipinski definition) is 1. The zero-order valence-corrected chi connectivity index (χ0v) is 11.4. The highest BCUT2D eigenvalue weighted by Crippen LogP contribution is 2.17. The molecule has 6 heteroatoms. The van der Waals surface area contributed by atoms with Crippen LogP contribution in [0, 0.1) is 3.57 Å². The van der Waals surface area contributed by atoms with Crippen molar-refractivity contribution in [1.82, 2.24) is 10.2 Å². The highest BCUT2D eigenvalue weighted by molar-refractivity contribution is 14.1. The Labute approximate surface area is 117 Å². The van der Waals surface area contributed by atoms with E-state index < -0.39 is 0 Å². The van der Waals surface area contributed by atoms with Gasteiger partial charge in [0.1, 0.15) is 0 Å². The molecule has 2 rings (SSSR count). The fourth-order valence-electron chi connectivity index (χ4n) is 1.19. The Kier molecular flexibility index (Phi) is 3.90. The Morgan fingerprint density at radius 3 is 2.59 bits per heavy atom. The van der Waals surface area contributed by atoms with E-state index in [1.807, 2.05) is 24.3 Å². The molecule has 4 nitrogen and oxygen atoms in total. The Morgan fingerprint density at radius 1 is 1.18 bits per heavy atom. The van der Waals surface area contributed by atoms with Crippen molar-refractivity contribution in [3.8, 4) is 0 Å². The summed E-state index contributed by atoms with van der Waals surface area (Å²) in [5, 5.41) is 10.3. The van der Waals surface area contributed by atoms with Crippen molar-refractivity contribution in [3.05, 3.63) is 50.8 Å². The third-order valence-electron chi connectivity index (χ3n) is 1.99. The van der Waals surface area contributed by atoms with E-state index in [0.717, 1.165) is 9.26 Å². The van der Waals surface area contributed by atoms with Gasteiger partial charge in [-0.2, -0.15) is 0 Å². The number of hydrogen-bond acceptors (Lipinski definition) is 3. The summed E-state index contributed by atoms with van der Waals surface area (Å²) in [5.74, 6) is -0.307. The van der Waals surface area contributed by atoms with E-state index in [4.69, 9.17) is 11.6 Å². The predicted octanol–water partition coefficient (Wildman–Crippen LogP) is 2.99. The molecule has 1 aromatic heterocycles. The first-order valence-electron chi connectivity index (χ1n) is 4.72. The molecule has 1 amide bonds. The minimum Gasteiger partial charge on any atom is -0.320 e. The number of anilines is 1. The van der Waals surface area contributed by atoms with Crippen LogP contribution in [-0.4, -0.2) is 16.1 Å². The molecule has 1 N–H and O–H groups in total. The number of halogens is 2. The van der Waals surface area contributed by atoms with Gasteiger partial charge in [0.15, 0.2) is 10.8 Å². The van der Waals surface area contributed by atoms with Crippen molar-refractivity contribution >= 4 is 45.8 Å². The second-order valence-electron chi connectivity index (χ2n) is 3.18. The maximum Gasteiger partial charge on any atom is 0.276 e. The van der Waals surface area contributed by atoms with Crippen molar-refractivity contribution in [2.24, 2.45) is 0 Å². The lowest BCUT2D eigenvalue weighted by Gasteiger charge is -2.05. The number of amides is 1. The van der Waals surface area contributed by atoms with E-state index >= 15 is 0 Å². The number of nitrogens with one attached hydrogen (secondary N) is 1. The predicted molar refractivity (Wildman–Crippen MR) is 74.2 cm³/mol. The average Bonchev–Trinajstić information content (AvgIpc) is 2.33. The number of carbonyl (C=O) groups excluding carboxylic acids is 1. The van der Waals surface area contributed by atoms with E-state index in [1.54, 1.807) is 0 Å². The molecule has 2 aromatic rings. The van der Waals surface area contributed by atoms with Crippen LogP contribution in [0.1, 0.15) is 10.5 Å². The minimum absolute atomic E-state index is 0.231. The minimum atomic E-state index is -0.307. The molecule has 1 heterocycles. The fourth-order valence-corrected chi connectivity index (χ4v) is 1.81. The normalized spacial score (nSPS) is 10.0. The summed E-state index contributed by atoms with van der Waals surface area (Å²) >= 11 is 7.74. The zero-order chi connectivity index (χ0) is 12.3. The van der Waals surface area contributed by atoms with Crippen molar-refractivity contribution in [3.63, 3.8) is 0 Å². The first kappa shape index (κ1) is 12.3. The van der Waals surface area contributed by atoms with Crippen LogP contribution in [0.15, 0.2) is 36.4 Å². The number of para-hydroxylation sites is 1. The van der Waals surface area contributed by atoms with Crippen LogP contribution in [0.25, 0.3) is 0 Å². The van der Waals surface area contributed by atoms with Crippen LogP contribution in [0.2, 0.25) is 5.15 Å². The first-order chi connectivity index (χ1) is 8.16. The Balaban J connectivity index is 2.17. The van der Waals surface area contributed by atoms with Gasteiger partial charge in [0.05, 0.1) is 5.69 Å². The summed E-state index contributed by atoms with van der Waals surface area (Å²) in [7, 11) is 0. The molecule has 0 aliphatic rings. The largest absolute Gasteiger partial charge is 0.320 e. The molecule has 0 saturated carbocycles. The second kappa shape index (κ2) is 5.42. The molecule has 0 spiro atoms. The topological polar surface area (TPSA) is 54.9 Å². The number of carbonyl (C=O) groups is 1. The second-order valence-corrected chi connectivity index (χ2v) is 4.72. The molecule has 0 saturated heterocycles. The summed E-state index contributed by atoms with van der Waals surface area (Å²) in [5.41, 5.74) is 0.976. The molecule has 0 fully saturated rings. The summed E-state index contributed by atoms with van der Waals surface area (Å²) in [6.45, 7) is 0. The van der Waals surface area contributed by atoms with Crippen molar-refractivity contribution in [2.75, 3.05) is 5.32 Å². The highest BCUT2D eigenvalue weighted by Gasteiger charge is 2.09. The third kappa shape index (κ3) is 3.13. The summed E-state index contributed by atoms with van der Waals surface area (Å²) in [6, 6.07) is 10.5. The molecule has 0 aliphatic carbocycles. The molecule has 1 aromatic carbocycles. The number of nitrogens with zero attached hydrogens (tertiary/aromatic N) is 2. The Morgan fingerprint density at radius 2 is 1.94 bits per heavy atom. The van der Waals surface area contributed by atoms with E-state index in [9.17, 15) is 4.79 Å². The molecule has 17 heavy (non-hydrogen) atoms. The molecule has 0 bridgehead atoms. The van der Waals surface area contributed by atoms with Crippen molar-refractivity contribution in [2.45, 2.75) is 0 Å². The molecular weight excluding hydrogens is 352 g/mol. The summed E-state index contributed by atoms with van der Waals surface area (Å²) in [6.07, 6.45) is 0. The average molecular weight is 360 g/mol. The van der Waals surface area contributed by atoms with E-state index in [1.165, 1.54) is 12.1 Å². The van der Waals surface area contributed by atoms with Gasteiger partial charge >= 0.3 is 0 Å². The zero-order valence-electron chi connectivity index (χ0n) is 8.52. The lowest BCUT2D eigenvalue weighted by molar-refractivity contribution is 0.102. The number of rotatable bonds is 2. The number of aromatic nitrogens is 2. The van der Waals surface area contributed by atoms with Gasteiger partial charge in [0, 0.05) is 3.57 Å². The monoisotopic (exact) mass is 359 g/mol. The molecule has 0 aliphatic heterocycles. The smallest absolute Gasteiger partial charge is 0.276 e. The van der Waals surface area contributed by atoms with Gasteiger partial charge in [0.25, 0.3) is 5.91 Å². The van der Waals surface area contributed by atoms with E-state index in [2.05, 4.69) is 38.1 Å². The van der Waals surface area contributed by atoms with Crippen molar-refractivity contribution < 1.29 is 4.79 Å². The summed E-state index contributed by atoms with van der Waals surface area (Å²) in [4.78, 5) is 11.8. The lowest BCUT2D eigenvalue weighted by Crippen LogP contribution is -2.14. The van der Waals surface area contributed by atoms with Crippen LogP contribution in [0.3, 0.4) is 0 Å². The maximum absolute atomic E-state index is 11.8. The van der Waals surface area contributed by atoms with Gasteiger partial charge < -0.3 is 5.32 Å². The third-order valence-corrected chi connectivity index (χ3v) is 3.13. The van der Waals surface area contributed by atoms with Gasteiger partial charge in [-0.1, -0.05) is 23.7 Å². The van der Waals surface area contributed by atoms with Gasteiger partial charge in [0.2, 0.25) is 0 Å².